The van der Waals surface area contributed by atoms with Crippen molar-refractivity contribution < 1.29 is 18.0 Å². The summed E-state index contributed by atoms with van der Waals surface area (Å²) in [5, 5.41) is 0. The molecule has 0 radical (unpaired) electrons. The Morgan fingerprint density at radius 1 is 1.10 bits per heavy atom. The van der Waals surface area contributed by atoms with E-state index in [0.717, 1.165) is 45.2 Å². The van der Waals surface area contributed by atoms with Crippen LogP contribution in [-0.4, -0.2) is 54.1 Å². The van der Waals surface area contributed by atoms with Crippen molar-refractivity contribution in [1.82, 2.24) is 9.80 Å². The molecule has 3 nitrogen and oxygen atoms in total. The van der Waals surface area contributed by atoms with E-state index in [-0.39, 0.29) is 18.5 Å². The van der Waals surface area contributed by atoms with Crippen molar-refractivity contribution in [1.29, 1.82) is 0 Å². The minimum absolute atomic E-state index is 0.0993. The average molecular weight is 292 g/mol. The number of rotatable bonds is 5. The van der Waals surface area contributed by atoms with Gasteiger partial charge in [-0.2, -0.15) is 13.2 Å². The molecular weight excluding hydrogens is 269 g/mol. The van der Waals surface area contributed by atoms with Crippen LogP contribution in [0.3, 0.4) is 0 Å². The van der Waals surface area contributed by atoms with Gasteiger partial charge in [-0.25, -0.2) is 0 Å². The van der Waals surface area contributed by atoms with Crippen molar-refractivity contribution in [3.05, 3.63) is 0 Å². The van der Waals surface area contributed by atoms with Crippen molar-refractivity contribution >= 4 is 5.91 Å². The highest BCUT2D eigenvalue weighted by atomic mass is 19.4. The average Bonchev–Trinajstić information content (AvgIpc) is 2.79. The standard InChI is InChI=1S/C14H23F3N2O/c15-14(16,17)7-11-18-8-2-1-4-12(18)6-10-19-9-3-5-13(19)20/h12H,1-11H2/t12-/m1/s1. The van der Waals surface area contributed by atoms with Crippen LogP contribution in [-0.2, 0) is 4.79 Å². The fourth-order valence-electron chi connectivity index (χ4n) is 3.20. The van der Waals surface area contributed by atoms with Crippen molar-refractivity contribution in [3.63, 3.8) is 0 Å². The molecule has 2 saturated heterocycles. The number of amides is 1. The largest absolute Gasteiger partial charge is 0.390 e. The molecule has 2 rings (SSSR count). The van der Waals surface area contributed by atoms with Crippen LogP contribution in [0.2, 0.25) is 0 Å². The molecule has 0 spiro atoms. The van der Waals surface area contributed by atoms with Crippen LogP contribution in [0.15, 0.2) is 0 Å². The molecule has 2 aliphatic heterocycles. The number of likely N-dealkylation sites (tertiary alicyclic amines) is 2. The number of piperidine rings is 1. The van der Waals surface area contributed by atoms with Gasteiger partial charge in [0, 0.05) is 32.1 Å². The SMILES string of the molecule is O=C1CCCN1CC[C@H]1CCCCN1CCC(F)(F)F. The lowest BCUT2D eigenvalue weighted by Gasteiger charge is -2.36. The van der Waals surface area contributed by atoms with Crippen LogP contribution in [0.1, 0.15) is 44.9 Å². The molecule has 0 unspecified atom stereocenters. The number of hydrogen-bond acceptors (Lipinski definition) is 2. The summed E-state index contributed by atoms with van der Waals surface area (Å²) in [5.41, 5.74) is 0. The molecular formula is C14H23F3N2O. The minimum atomic E-state index is -4.08. The summed E-state index contributed by atoms with van der Waals surface area (Å²) in [7, 11) is 0. The second-order valence-electron chi connectivity index (χ2n) is 5.82. The molecule has 2 heterocycles. The predicted molar refractivity (Wildman–Crippen MR) is 70.3 cm³/mol. The van der Waals surface area contributed by atoms with Crippen molar-refractivity contribution in [2.45, 2.75) is 57.2 Å². The minimum Gasteiger partial charge on any atom is -0.343 e. The highest BCUT2D eigenvalue weighted by Crippen LogP contribution is 2.25. The highest BCUT2D eigenvalue weighted by Gasteiger charge is 2.31. The molecule has 20 heavy (non-hydrogen) atoms. The topological polar surface area (TPSA) is 23.6 Å². The van der Waals surface area contributed by atoms with E-state index in [2.05, 4.69) is 0 Å². The molecule has 116 valence electrons. The first-order chi connectivity index (χ1) is 9.46. The van der Waals surface area contributed by atoms with Gasteiger partial charge in [0.1, 0.15) is 0 Å². The van der Waals surface area contributed by atoms with E-state index >= 15 is 0 Å². The van der Waals surface area contributed by atoms with Crippen molar-refractivity contribution in [2.24, 2.45) is 0 Å². The monoisotopic (exact) mass is 292 g/mol. The van der Waals surface area contributed by atoms with Gasteiger partial charge in [-0.15, -0.1) is 0 Å². The van der Waals surface area contributed by atoms with Crippen LogP contribution in [0.5, 0.6) is 0 Å². The van der Waals surface area contributed by atoms with Gasteiger partial charge >= 0.3 is 6.18 Å². The number of halogens is 3. The van der Waals surface area contributed by atoms with Crippen LogP contribution in [0.4, 0.5) is 13.2 Å². The zero-order valence-electron chi connectivity index (χ0n) is 11.8. The summed E-state index contributed by atoms with van der Waals surface area (Å²) in [4.78, 5) is 15.4. The van der Waals surface area contributed by atoms with E-state index in [1.54, 1.807) is 0 Å². The van der Waals surface area contributed by atoms with Crippen LogP contribution >= 0.6 is 0 Å². The molecule has 0 bridgehead atoms. The quantitative estimate of drug-likeness (QED) is 0.778. The Hall–Kier alpha value is -0.780. The first-order valence-electron chi connectivity index (χ1n) is 7.54. The Morgan fingerprint density at radius 2 is 1.90 bits per heavy atom. The number of carbonyl (C=O) groups is 1. The summed E-state index contributed by atoms with van der Waals surface area (Å²) < 4.78 is 37.0. The first-order valence-corrected chi connectivity index (χ1v) is 7.54. The Kier molecular flexibility index (Phi) is 5.29. The molecule has 0 aromatic heterocycles. The van der Waals surface area contributed by atoms with E-state index < -0.39 is 12.6 Å². The second-order valence-corrected chi connectivity index (χ2v) is 5.82. The Morgan fingerprint density at radius 3 is 2.55 bits per heavy atom. The molecule has 2 fully saturated rings. The fourth-order valence-corrected chi connectivity index (χ4v) is 3.20. The van der Waals surface area contributed by atoms with E-state index in [1.165, 1.54) is 0 Å². The maximum Gasteiger partial charge on any atom is 0.390 e. The van der Waals surface area contributed by atoms with Crippen LogP contribution in [0, 0.1) is 0 Å². The molecule has 0 aliphatic carbocycles. The van der Waals surface area contributed by atoms with Gasteiger partial charge in [0.15, 0.2) is 0 Å². The van der Waals surface area contributed by atoms with Gasteiger partial charge in [0.2, 0.25) is 5.91 Å². The van der Waals surface area contributed by atoms with E-state index in [0.29, 0.717) is 13.0 Å². The maximum atomic E-state index is 12.3. The normalized spacial score (nSPS) is 25.4. The highest BCUT2D eigenvalue weighted by molar-refractivity contribution is 5.77. The Labute approximate surface area is 118 Å². The fraction of sp³-hybridized carbons (Fsp3) is 0.929. The lowest BCUT2D eigenvalue weighted by molar-refractivity contribution is -0.139. The van der Waals surface area contributed by atoms with Gasteiger partial charge in [-0.3, -0.25) is 9.69 Å². The number of alkyl halides is 3. The third kappa shape index (κ3) is 4.65. The summed E-state index contributed by atoms with van der Waals surface area (Å²) in [6.07, 6.45) is 0.574. The van der Waals surface area contributed by atoms with E-state index in [9.17, 15) is 18.0 Å². The number of carbonyl (C=O) groups excluding carboxylic acids is 1. The summed E-state index contributed by atoms with van der Waals surface area (Å²) in [5.74, 6) is 0.197. The predicted octanol–water partition coefficient (Wildman–Crippen LogP) is 2.81. The van der Waals surface area contributed by atoms with Gasteiger partial charge in [0.25, 0.3) is 0 Å². The summed E-state index contributed by atoms with van der Waals surface area (Å²) >= 11 is 0. The molecule has 6 heteroatoms. The smallest absolute Gasteiger partial charge is 0.343 e. The summed E-state index contributed by atoms with van der Waals surface area (Å²) in [6, 6.07) is 0.208. The van der Waals surface area contributed by atoms with Gasteiger partial charge in [-0.05, 0) is 32.2 Å². The maximum absolute atomic E-state index is 12.3. The Bertz CT molecular complexity index is 333. The lowest BCUT2D eigenvalue weighted by Crippen LogP contribution is -2.43. The molecule has 1 amide bonds. The molecule has 0 N–H and O–H groups in total. The van der Waals surface area contributed by atoms with Crippen molar-refractivity contribution in [3.8, 4) is 0 Å². The summed E-state index contributed by atoms with van der Waals surface area (Å²) in [6.45, 7) is 2.37. The third-order valence-corrected chi connectivity index (χ3v) is 4.34. The zero-order chi connectivity index (χ0) is 14.6. The Balaban J connectivity index is 1.79. The molecule has 0 aromatic carbocycles. The lowest BCUT2D eigenvalue weighted by atomic mass is 9.99. The number of hydrogen-bond donors (Lipinski definition) is 0. The van der Waals surface area contributed by atoms with Gasteiger partial charge in [-0.1, -0.05) is 6.42 Å². The van der Waals surface area contributed by atoms with Gasteiger partial charge in [0.05, 0.1) is 6.42 Å². The molecule has 2 aliphatic rings. The van der Waals surface area contributed by atoms with Crippen LogP contribution < -0.4 is 0 Å². The van der Waals surface area contributed by atoms with E-state index in [4.69, 9.17) is 0 Å². The molecule has 1 atom stereocenters. The first kappa shape index (κ1) is 15.6. The van der Waals surface area contributed by atoms with Crippen molar-refractivity contribution in [2.75, 3.05) is 26.2 Å². The number of nitrogens with zero attached hydrogens (tertiary/aromatic N) is 2. The van der Waals surface area contributed by atoms with Crippen LogP contribution in [0.25, 0.3) is 0 Å². The molecule has 0 aromatic rings. The van der Waals surface area contributed by atoms with E-state index in [1.807, 2.05) is 9.80 Å². The third-order valence-electron chi connectivity index (χ3n) is 4.34. The van der Waals surface area contributed by atoms with Gasteiger partial charge < -0.3 is 4.90 Å². The molecule has 0 saturated carbocycles. The second kappa shape index (κ2) is 6.78. The zero-order valence-corrected chi connectivity index (χ0v) is 11.8.